The maximum Gasteiger partial charge on any atom is 0.258 e. The molecular formula is C28H30N4O. The van der Waals surface area contributed by atoms with Crippen LogP contribution in [0.15, 0.2) is 83.1 Å². The summed E-state index contributed by atoms with van der Waals surface area (Å²) in [6.45, 7) is 7.10. The minimum atomic E-state index is -0.103. The van der Waals surface area contributed by atoms with Gasteiger partial charge in [0.05, 0.1) is 5.57 Å². The van der Waals surface area contributed by atoms with Crippen LogP contribution >= 0.6 is 0 Å². The lowest BCUT2D eigenvalue weighted by Gasteiger charge is -2.19. The molecule has 5 rings (SSSR count). The molecular weight excluding hydrogens is 408 g/mol. The minimum Gasteiger partial charge on any atom is -0.399 e. The Hall–Kier alpha value is -3.57. The molecule has 5 nitrogen and oxygen atoms in total. The van der Waals surface area contributed by atoms with Crippen LogP contribution in [0.25, 0.3) is 5.57 Å². The van der Waals surface area contributed by atoms with Crippen molar-refractivity contribution >= 4 is 28.5 Å². The Balaban J connectivity index is 1.26. The van der Waals surface area contributed by atoms with E-state index in [0.29, 0.717) is 11.3 Å². The zero-order valence-electron chi connectivity index (χ0n) is 19.2. The molecule has 0 unspecified atom stereocenters. The van der Waals surface area contributed by atoms with E-state index < -0.39 is 0 Å². The number of nitrogen functional groups attached to an aromatic ring is 1. The lowest BCUT2D eigenvalue weighted by Crippen LogP contribution is -2.23. The molecule has 0 saturated heterocycles. The first-order valence-electron chi connectivity index (χ1n) is 11.5. The molecule has 0 saturated carbocycles. The molecule has 2 aromatic carbocycles. The number of amides is 1. The van der Waals surface area contributed by atoms with Crippen LogP contribution in [0.3, 0.4) is 0 Å². The highest BCUT2D eigenvalue weighted by Crippen LogP contribution is 2.35. The van der Waals surface area contributed by atoms with Crippen LogP contribution in [0.4, 0.5) is 17.1 Å². The van der Waals surface area contributed by atoms with Crippen LogP contribution in [-0.2, 0) is 11.3 Å². The number of hydrogen-bond acceptors (Lipinski definition) is 4. The molecule has 5 heteroatoms. The molecule has 4 N–H and O–H groups in total. The van der Waals surface area contributed by atoms with Gasteiger partial charge in [-0.1, -0.05) is 35.9 Å². The van der Waals surface area contributed by atoms with Crippen LogP contribution in [0.1, 0.15) is 37.8 Å². The molecule has 0 atom stereocenters. The van der Waals surface area contributed by atoms with E-state index in [9.17, 15) is 4.79 Å². The average Bonchev–Trinajstić information content (AvgIpc) is 2.99. The van der Waals surface area contributed by atoms with Crippen LogP contribution in [0.5, 0.6) is 0 Å². The maximum atomic E-state index is 12.5. The highest BCUT2D eigenvalue weighted by molar-refractivity contribution is 6.32. The summed E-state index contributed by atoms with van der Waals surface area (Å²) in [5.41, 5.74) is 16.3. The first-order chi connectivity index (χ1) is 16.0. The third-order valence-electron chi connectivity index (χ3n) is 6.61. The summed E-state index contributed by atoms with van der Waals surface area (Å²) < 4.78 is 0. The average molecular weight is 439 g/mol. The summed E-state index contributed by atoms with van der Waals surface area (Å²) in [6, 6.07) is 14.0. The van der Waals surface area contributed by atoms with Crippen molar-refractivity contribution in [2.24, 2.45) is 0 Å². The van der Waals surface area contributed by atoms with Crippen molar-refractivity contribution in [3.8, 4) is 0 Å². The number of fused-ring (bicyclic) bond motifs is 2. The highest BCUT2D eigenvalue weighted by Gasteiger charge is 2.26. The van der Waals surface area contributed by atoms with Crippen molar-refractivity contribution in [2.45, 2.75) is 33.2 Å². The normalized spacial score (nSPS) is 19.5. The van der Waals surface area contributed by atoms with Crippen molar-refractivity contribution in [1.82, 2.24) is 4.90 Å². The maximum absolute atomic E-state index is 12.5. The van der Waals surface area contributed by atoms with Gasteiger partial charge < -0.3 is 16.4 Å². The quantitative estimate of drug-likeness (QED) is 0.437. The van der Waals surface area contributed by atoms with Crippen LogP contribution in [0, 0.1) is 0 Å². The molecule has 1 amide bonds. The van der Waals surface area contributed by atoms with E-state index in [4.69, 9.17) is 5.73 Å². The van der Waals surface area contributed by atoms with Crippen LogP contribution in [-0.4, -0.2) is 23.9 Å². The molecule has 0 radical (unpaired) electrons. The van der Waals surface area contributed by atoms with E-state index >= 15 is 0 Å². The largest absolute Gasteiger partial charge is 0.399 e. The van der Waals surface area contributed by atoms with Gasteiger partial charge in [-0.25, -0.2) is 0 Å². The van der Waals surface area contributed by atoms with E-state index in [0.717, 1.165) is 55.1 Å². The third kappa shape index (κ3) is 4.50. The van der Waals surface area contributed by atoms with Crippen molar-refractivity contribution in [2.75, 3.05) is 29.5 Å². The lowest BCUT2D eigenvalue weighted by atomic mass is 9.93. The third-order valence-corrected chi connectivity index (χ3v) is 6.61. The Kier molecular flexibility index (Phi) is 5.65. The Morgan fingerprint density at radius 3 is 2.76 bits per heavy atom. The fraction of sp³-hybridized carbons (Fsp3) is 0.250. The van der Waals surface area contributed by atoms with E-state index in [2.05, 4.69) is 65.0 Å². The van der Waals surface area contributed by atoms with E-state index in [1.165, 1.54) is 22.3 Å². The smallest absolute Gasteiger partial charge is 0.258 e. The topological polar surface area (TPSA) is 70.4 Å². The van der Waals surface area contributed by atoms with E-state index in [1.807, 2.05) is 19.1 Å². The molecule has 2 heterocycles. The van der Waals surface area contributed by atoms with Crippen molar-refractivity contribution in [1.29, 1.82) is 0 Å². The monoisotopic (exact) mass is 438 g/mol. The fourth-order valence-electron chi connectivity index (χ4n) is 4.82. The molecule has 2 aliphatic heterocycles. The Labute approximate surface area is 195 Å². The fourth-order valence-corrected chi connectivity index (χ4v) is 4.82. The number of nitrogens with one attached hydrogen (secondary N) is 2. The number of allylic oxidation sites excluding steroid dienone is 5. The Bertz CT molecular complexity index is 1230. The number of rotatable bonds is 4. The van der Waals surface area contributed by atoms with Gasteiger partial charge in [-0.15, -0.1) is 0 Å². The standard InChI is InChI=1S/C28H30N4O/c1-18-3-6-21-11-13-32(14-12-22(21)15-18)17-20-4-8-24(9-5-20)30-19(2)27-25-16-23(29)7-10-26(25)31-28(27)33/h3-5,7-11,15-16,30H,6,12-14,17,29H2,1-2H3,(H,31,33)/b27-19-. The van der Waals surface area contributed by atoms with Gasteiger partial charge in [0.25, 0.3) is 5.91 Å². The van der Waals surface area contributed by atoms with Crippen molar-refractivity contribution in [3.63, 3.8) is 0 Å². The lowest BCUT2D eigenvalue weighted by molar-refractivity contribution is -0.110. The molecule has 0 bridgehead atoms. The molecule has 168 valence electrons. The van der Waals surface area contributed by atoms with Gasteiger partial charge in [0, 0.05) is 48.0 Å². The summed E-state index contributed by atoms with van der Waals surface area (Å²) in [5, 5.41) is 6.31. The summed E-state index contributed by atoms with van der Waals surface area (Å²) in [4.78, 5) is 15.0. The van der Waals surface area contributed by atoms with Gasteiger partial charge in [-0.2, -0.15) is 0 Å². The van der Waals surface area contributed by atoms with Gasteiger partial charge in [0.1, 0.15) is 0 Å². The number of nitrogens with two attached hydrogens (primary N) is 1. The Morgan fingerprint density at radius 1 is 1.12 bits per heavy atom. The number of anilines is 3. The molecule has 3 aliphatic rings. The SMILES string of the molecule is CC1=CCC2=CCN(Cc3ccc(N/C(C)=C4\C(=O)Nc5ccc(N)cc54)cc3)CCC2=C1. The number of carbonyl (C=O) groups is 1. The second-order valence-corrected chi connectivity index (χ2v) is 9.12. The number of hydrogen-bond donors (Lipinski definition) is 3. The number of carbonyl (C=O) groups excluding carboxylic acids is 1. The predicted octanol–water partition coefficient (Wildman–Crippen LogP) is 5.47. The minimum absolute atomic E-state index is 0.103. The summed E-state index contributed by atoms with van der Waals surface area (Å²) in [7, 11) is 0. The second kappa shape index (κ2) is 8.75. The summed E-state index contributed by atoms with van der Waals surface area (Å²) in [6.07, 6.45) is 9.22. The van der Waals surface area contributed by atoms with Gasteiger partial charge in [0.2, 0.25) is 0 Å². The van der Waals surface area contributed by atoms with E-state index in [-0.39, 0.29) is 5.91 Å². The molecule has 0 aromatic heterocycles. The van der Waals surface area contributed by atoms with Gasteiger partial charge in [-0.05, 0) is 73.7 Å². The first-order valence-corrected chi connectivity index (χ1v) is 11.5. The van der Waals surface area contributed by atoms with Gasteiger partial charge in [0.15, 0.2) is 0 Å². The molecule has 1 aliphatic carbocycles. The molecule has 33 heavy (non-hydrogen) atoms. The number of benzene rings is 2. The zero-order chi connectivity index (χ0) is 22.9. The zero-order valence-corrected chi connectivity index (χ0v) is 19.2. The Morgan fingerprint density at radius 2 is 1.94 bits per heavy atom. The van der Waals surface area contributed by atoms with Gasteiger partial charge >= 0.3 is 0 Å². The molecule has 0 spiro atoms. The summed E-state index contributed by atoms with van der Waals surface area (Å²) in [5.74, 6) is -0.103. The van der Waals surface area contributed by atoms with Crippen molar-refractivity contribution < 1.29 is 4.79 Å². The highest BCUT2D eigenvalue weighted by atomic mass is 16.2. The van der Waals surface area contributed by atoms with Crippen LogP contribution in [0.2, 0.25) is 0 Å². The first kappa shape index (κ1) is 21.3. The molecule has 0 fully saturated rings. The predicted molar refractivity (Wildman–Crippen MR) is 137 cm³/mol. The van der Waals surface area contributed by atoms with Gasteiger partial charge in [-0.3, -0.25) is 9.69 Å². The van der Waals surface area contributed by atoms with Crippen LogP contribution < -0.4 is 16.4 Å². The molecule has 2 aromatic rings. The second-order valence-electron chi connectivity index (χ2n) is 9.12. The number of nitrogens with zero attached hydrogens (tertiary/aromatic N) is 1. The summed E-state index contributed by atoms with van der Waals surface area (Å²) >= 11 is 0. The van der Waals surface area contributed by atoms with E-state index in [1.54, 1.807) is 6.07 Å². The van der Waals surface area contributed by atoms with Crippen molar-refractivity contribution in [3.05, 3.63) is 94.2 Å².